The Morgan fingerprint density at radius 1 is 1.73 bits per heavy atom. The van der Waals surface area contributed by atoms with Gasteiger partial charge in [-0.3, -0.25) is 0 Å². The highest BCUT2D eigenvalue weighted by Gasteiger charge is 2.07. The Labute approximate surface area is 107 Å². The van der Waals surface area contributed by atoms with E-state index in [0.29, 0.717) is 6.42 Å². The molecule has 1 unspecified atom stereocenters. The smallest absolute Gasteiger partial charge is 0.107 e. The van der Waals surface area contributed by atoms with Crippen LogP contribution in [0.15, 0.2) is 10.5 Å². The zero-order valence-corrected chi connectivity index (χ0v) is 11.5. The Morgan fingerprint density at radius 2 is 2.47 bits per heavy atom. The minimum Gasteiger partial charge on any atom is -0.308 e. The Hall–Kier alpha value is -0.0800. The molecule has 0 spiro atoms. The van der Waals surface area contributed by atoms with Gasteiger partial charge in [-0.25, -0.2) is 0 Å². The molecule has 0 aliphatic rings. The molecular weight excluding hydrogens is 296 g/mol. The van der Waals surface area contributed by atoms with Gasteiger partial charge in [0.25, 0.3) is 0 Å². The number of thiophene rings is 1. The molecule has 1 N–H and O–H groups in total. The first-order valence-electron chi connectivity index (χ1n) is 4.71. The van der Waals surface area contributed by atoms with Crippen molar-refractivity contribution in [1.82, 2.24) is 5.32 Å². The molecule has 0 aromatic carbocycles. The molecule has 15 heavy (non-hydrogen) atoms. The van der Waals surface area contributed by atoms with Crippen LogP contribution in [-0.2, 0) is 6.54 Å². The van der Waals surface area contributed by atoms with Crippen molar-refractivity contribution in [2.45, 2.75) is 32.4 Å². The van der Waals surface area contributed by atoms with Crippen molar-refractivity contribution in [2.75, 3.05) is 0 Å². The molecule has 0 saturated heterocycles. The van der Waals surface area contributed by atoms with Crippen LogP contribution < -0.4 is 5.32 Å². The van der Waals surface area contributed by atoms with E-state index in [1.807, 2.05) is 6.07 Å². The largest absolute Gasteiger partial charge is 0.308 e. The molecule has 0 saturated carbocycles. The summed E-state index contributed by atoms with van der Waals surface area (Å²) in [5.74, 6) is 0. The zero-order valence-electron chi connectivity index (χ0n) is 8.39. The van der Waals surface area contributed by atoms with Gasteiger partial charge in [-0.2, -0.15) is 5.26 Å². The highest BCUT2D eigenvalue weighted by atomic mass is 79.9. The first-order valence-corrected chi connectivity index (χ1v) is 6.70. The summed E-state index contributed by atoms with van der Waals surface area (Å²) in [4.78, 5) is 1.18. The van der Waals surface area contributed by atoms with E-state index < -0.39 is 0 Å². The van der Waals surface area contributed by atoms with Crippen LogP contribution in [0.1, 0.15) is 24.6 Å². The van der Waals surface area contributed by atoms with E-state index in [1.54, 1.807) is 11.3 Å². The molecule has 0 bridgehead atoms. The average molecular weight is 308 g/mol. The third-order valence-electron chi connectivity index (χ3n) is 2.09. The fourth-order valence-electron chi connectivity index (χ4n) is 1.19. The highest BCUT2D eigenvalue weighted by Crippen LogP contribution is 2.31. The van der Waals surface area contributed by atoms with Crippen molar-refractivity contribution in [2.24, 2.45) is 0 Å². The predicted molar refractivity (Wildman–Crippen MR) is 68.2 cm³/mol. The Kier molecular flexibility index (Phi) is 5.62. The quantitative estimate of drug-likeness (QED) is 0.894. The molecule has 0 aliphatic heterocycles. The molecule has 1 atom stereocenters. The Balaban J connectivity index is 2.46. The van der Waals surface area contributed by atoms with Crippen molar-refractivity contribution in [3.8, 4) is 6.07 Å². The van der Waals surface area contributed by atoms with E-state index >= 15 is 0 Å². The van der Waals surface area contributed by atoms with E-state index in [4.69, 9.17) is 16.9 Å². The van der Waals surface area contributed by atoms with E-state index in [0.717, 1.165) is 21.8 Å². The SMILES string of the molecule is CCC(CC#N)NCc1cc(Br)c(Cl)s1. The van der Waals surface area contributed by atoms with Gasteiger partial charge in [0, 0.05) is 21.9 Å². The summed E-state index contributed by atoms with van der Waals surface area (Å²) < 4.78 is 1.72. The highest BCUT2D eigenvalue weighted by molar-refractivity contribution is 9.10. The van der Waals surface area contributed by atoms with Crippen LogP contribution in [0.3, 0.4) is 0 Å². The number of nitrogens with one attached hydrogen (secondary N) is 1. The molecule has 0 aliphatic carbocycles. The number of nitrogens with zero attached hydrogens (tertiary/aromatic N) is 1. The standard InChI is InChI=1S/C10H12BrClN2S/c1-2-7(3-4-13)14-6-8-5-9(11)10(12)15-8/h5,7,14H,2-3,6H2,1H3. The molecule has 82 valence electrons. The Morgan fingerprint density at radius 3 is 2.93 bits per heavy atom. The Bertz CT molecular complexity index is 339. The topological polar surface area (TPSA) is 35.8 Å². The van der Waals surface area contributed by atoms with Gasteiger partial charge in [0.15, 0.2) is 0 Å². The van der Waals surface area contributed by atoms with Crippen molar-refractivity contribution < 1.29 is 0 Å². The predicted octanol–water partition coefficient (Wildman–Crippen LogP) is 3.95. The van der Waals surface area contributed by atoms with Gasteiger partial charge in [-0.15, -0.1) is 11.3 Å². The van der Waals surface area contributed by atoms with Crippen molar-refractivity contribution >= 4 is 38.9 Å². The molecule has 0 fully saturated rings. The lowest BCUT2D eigenvalue weighted by Gasteiger charge is -2.11. The van der Waals surface area contributed by atoms with Crippen LogP contribution in [0.5, 0.6) is 0 Å². The van der Waals surface area contributed by atoms with Crippen molar-refractivity contribution in [1.29, 1.82) is 5.26 Å². The van der Waals surface area contributed by atoms with E-state index in [1.165, 1.54) is 4.88 Å². The van der Waals surface area contributed by atoms with Crippen LogP contribution in [0.2, 0.25) is 4.34 Å². The molecule has 0 radical (unpaired) electrons. The maximum absolute atomic E-state index is 8.60. The number of hydrogen-bond donors (Lipinski definition) is 1. The second-order valence-electron chi connectivity index (χ2n) is 3.18. The molecule has 5 heteroatoms. The van der Waals surface area contributed by atoms with Gasteiger partial charge in [-0.05, 0) is 28.4 Å². The zero-order chi connectivity index (χ0) is 11.3. The number of nitriles is 1. The lowest BCUT2D eigenvalue weighted by Crippen LogP contribution is -2.26. The van der Waals surface area contributed by atoms with Crippen LogP contribution in [0.4, 0.5) is 0 Å². The summed E-state index contributed by atoms with van der Waals surface area (Å²) in [5.41, 5.74) is 0. The summed E-state index contributed by atoms with van der Waals surface area (Å²) in [6, 6.07) is 4.46. The maximum atomic E-state index is 8.60. The summed E-state index contributed by atoms with van der Waals surface area (Å²) in [6.07, 6.45) is 1.52. The summed E-state index contributed by atoms with van der Waals surface area (Å²) in [5, 5.41) is 11.9. The minimum absolute atomic E-state index is 0.273. The number of hydrogen-bond acceptors (Lipinski definition) is 3. The molecule has 1 aromatic heterocycles. The molecule has 1 heterocycles. The second kappa shape index (κ2) is 6.49. The van der Waals surface area contributed by atoms with Crippen LogP contribution in [-0.4, -0.2) is 6.04 Å². The van der Waals surface area contributed by atoms with Gasteiger partial charge in [0.1, 0.15) is 4.34 Å². The fraction of sp³-hybridized carbons (Fsp3) is 0.500. The first-order chi connectivity index (χ1) is 7.17. The van der Waals surface area contributed by atoms with Gasteiger partial charge in [0.2, 0.25) is 0 Å². The molecule has 1 rings (SSSR count). The fourth-order valence-corrected chi connectivity index (χ4v) is 2.94. The molecule has 1 aromatic rings. The van der Waals surface area contributed by atoms with Crippen LogP contribution >= 0.6 is 38.9 Å². The van der Waals surface area contributed by atoms with E-state index in [2.05, 4.69) is 34.2 Å². The number of halogens is 2. The summed E-state index contributed by atoms with van der Waals surface area (Å²) in [6.45, 7) is 2.85. The van der Waals surface area contributed by atoms with Crippen LogP contribution in [0, 0.1) is 11.3 Å². The lowest BCUT2D eigenvalue weighted by molar-refractivity contribution is 0.507. The lowest BCUT2D eigenvalue weighted by atomic mass is 10.2. The molecular formula is C10H12BrClN2S. The third-order valence-corrected chi connectivity index (χ3v) is 4.57. The number of rotatable bonds is 5. The van der Waals surface area contributed by atoms with E-state index in [-0.39, 0.29) is 6.04 Å². The van der Waals surface area contributed by atoms with Gasteiger partial charge < -0.3 is 5.32 Å². The first kappa shape index (κ1) is 13.0. The van der Waals surface area contributed by atoms with Gasteiger partial charge >= 0.3 is 0 Å². The average Bonchev–Trinajstić information content (AvgIpc) is 2.53. The molecule has 2 nitrogen and oxygen atoms in total. The summed E-state index contributed by atoms with van der Waals surface area (Å²) in [7, 11) is 0. The minimum atomic E-state index is 0.273. The monoisotopic (exact) mass is 306 g/mol. The van der Waals surface area contributed by atoms with E-state index in [9.17, 15) is 0 Å². The van der Waals surface area contributed by atoms with Crippen LogP contribution in [0.25, 0.3) is 0 Å². The van der Waals surface area contributed by atoms with Gasteiger partial charge in [0.05, 0.1) is 12.5 Å². The summed E-state index contributed by atoms with van der Waals surface area (Å²) >= 11 is 10.9. The normalized spacial score (nSPS) is 12.4. The van der Waals surface area contributed by atoms with Crippen molar-refractivity contribution in [3.05, 3.63) is 19.8 Å². The van der Waals surface area contributed by atoms with Gasteiger partial charge in [-0.1, -0.05) is 18.5 Å². The third kappa shape index (κ3) is 4.12. The molecule has 0 amide bonds. The maximum Gasteiger partial charge on any atom is 0.107 e. The second-order valence-corrected chi connectivity index (χ2v) is 5.78. The van der Waals surface area contributed by atoms with Crippen molar-refractivity contribution in [3.63, 3.8) is 0 Å².